The number of hydrogen-bond acceptors (Lipinski definition) is 7. The normalized spacial score (nSPS) is 18.0. The Morgan fingerprint density at radius 1 is 1.17 bits per heavy atom. The molecule has 0 radical (unpaired) electrons. The highest BCUT2D eigenvalue weighted by Crippen LogP contribution is 2.39. The van der Waals surface area contributed by atoms with Gasteiger partial charge in [0, 0.05) is 12.6 Å². The van der Waals surface area contributed by atoms with Crippen molar-refractivity contribution in [1.82, 2.24) is 5.43 Å². The zero-order chi connectivity index (χ0) is 21.1. The first-order valence-electron chi connectivity index (χ1n) is 9.20. The van der Waals surface area contributed by atoms with Gasteiger partial charge in [-0.15, -0.1) is 0 Å². The van der Waals surface area contributed by atoms with Crippen LogP contribution in [0.4, 0.5) is 17.1 Å². The number of rotatable bonds is 6. The molecule has 2 amide bonds. The van der Waals surface area contributed by atoms with E-state index in [-0.39, 0.29) is 5.91 Å². The van der Waals surface area contributed by atoms with Gasteiger partial charge in [-0.3, -0.25) is 25.3 Å². The fraction of sp³-hybridized carbons (Fsp3) is 0.0952. The predicted molar refractivity (Wildman–Crippen MR) is 123 cm³/mol. The number of amides is 2. The molecule has 4 rings (SSSR count). The summed E-state index contributed by atoms with van der Waals surface area (Å²) in [5, 5.41) is 0. The quantitative estimate of drug-likeness (QED) is 0.308. The second-order valence-corrected chi connectivity index (χ2v) is 7.97. The van der Waals surface area contributed by atoms with E-state index in [0.29, 0.717) is 32.9 Å². The molecule has 152 valence electrons. The zero-order valence-corrected chi connectivity index (χ0v) is 17.6. The van der Waals surface area contributed by atoms with Crippen LogP contribution in [-0.2, 0) is 9.59 Å². The van der Waals surface area contributed by atoms with E-state index in [9.17, 15) is 9.59 Å². The number of hydrazine groups is 1. The highest BCUT2D eigenvalue weighted by Gasteiger charge is 2.33. The Bertz CT molecular complexity index is 1080. The average Bonchev–Trinajstić information content (AvgIpc) is 3.26. The maximum Gasteiger partial charge on any atom is 0.270 e. The molecule has 30 heavy (non-hydrogen) atoms. The number of thiocarbonyl (C=S) groups is 1. The number of hydrogen-bond donors (Lipinski definition) is 2. The monoisotopic (exact) mass is 438 g/mol. The summed E-state index contributed by atoms with van der Waals surface area (Å²) in [5.41, 5.74) is 7.35. The number of allylic oxidation sites excluding steroid dienone is 2. The lowest BCUT2D eigenvalue weighted by atomic mass is 10.2. The van der Waals surface area contributed by atoms with E-state index in [0.717, 1.165) is 18.0 Å². The van der Waals surface area contributed by atoms with Crippen molar-refractivity contribution >= 4 is 57.7 Å². The summed E-state index contributed by atoms with van der Waals surface area (Å²) in [6.45, 7) is 2.78. The molecule has 0 atom stereocenters. The fourth-order valence-corrected chi connectivity index (χ4v) is 4.43. The maximum absolute atomic E-state index is 13.0. The summed E-state index contributed by atoms with van der Waals surface area (Å²) in [5.74, 6) is 1.25. The van der Waals surface area contributed by atoms with Crippen molar-refractivity contribution in [2.75, 3.05) is 21.8 Å². The topological polar surface area (TPSA) is 73.9 Å². The van der Waals surface area contributed by atoms with Gasteiger partial charge in [0.15, 0.2) is 10.1 Å². The largest absolute Gasteiger partial charge is 0.439 e. The number of benzene rings is 2. The van der Waals surface area contributed by atoms with Crippen LogP contribution in [0.5, 0.6) is 5.75 Å². The lowest BCUT2D eigenvalue weighted by Gasteiger charge is -2.16. The molecule has 7 nitrogen and oxygen atoms in total. The lowest BCUT2D eigenvalue weighted by Crippen LogP contribution is -2.27. The summed E-state index contributed by atoms with van der Waals surface area (Å²) in [7, 11) is 0. The van der Waals surface area contributed by atoms with Crippen molar-refractivity contribution in [3.63, 3.8) is 0 Å². The van der Waals surface area contributed by atoms with Crippen LogP contribution in [0.1, 0.15) is 6.92 Å². The first-order valence-corrected chi connectivity index (χ1v) is 10.4. The maximum atomic E-state index is 13.0. The molecule has 2 aromatic rings. The number of ether oxygens (including phenoxy) is 1. The highest BCUT2D eigenvalue weighted by atomic mass is 32.2. The molecule has 0 spiro atoms. The molecule has 0 saturated carbocycles. The number of para-hydroxylation sites is 2. The summed E-state index contributed by atoms with van der Waals surface area (Å²) in [6.07, 6.45) is 4.06. The van der Waals surface area contributed by atoms with Gasteiger partial charge in [0.05, 0.1) is 22.0 Å². The number of nitrogens with one attached hydrogen (secondary N) is 2. The third-order valence-electron chi connectivity index (χ3n) is 4.50. The van der Waals surface area contributed by atoms with Crippen LogP contribution in [0, 0.1) is 0 Å². The first-order chi connectivity index (χ1) is 14.6. The Hall–Kier alpha value is -3.30. The van der Waals surface area contributed by atoms with Crippen LogP contribution in [0.3, 0.4) is 0 Å². The molecule has 0 unspecified atom stereocenters. The number of thioether (sulfide) groups is 1. The summed E-state index contributed by atoms with van der Waals surface area (Å²) >= 11 is 6.67. The van der Waals surface area contributed by atoms with E-state index in [1.54, 1.807) is 36.4 Å². The van der Waals surface area contributed by atoms with Gasteiger partial charge in [-0.05, 0) is 43.3 Å². The SMILES string of the molecule is CCN1C(=CC=C2SC(=S)N(c3cccc(NNC=O)c3)C2=O)Oc2ccccc21. The summed E-state index contributed by atoms with van der Waals surface area (Å²) < 4.78 is 6.37. The molecule has 2 N–H and O–H groups in total. The Morgan fingerprint density at radius 3 is 2.80 bits per heavy atom. The molecule has 0 bridgehead atoms. The van der Waals surface area contributed by atoms with E-state index < -0.39 is 0 Å². The lowest BCUT2D eigenvalue weighted by molar-refractivity contribution is -0.113. The van der Waals surface area contributed by atoms with Crippen LogP contribution in [0.15, 0.2) is 71.5 Å². The van der Waals surface area contributed by atoms with Crippen LogP contribution in [0.2, 0.25) is 0 Å². The highest BCUT2D eigenvalue weighted by molar-refractivity contribution is 8.27. The minimum atomic E-state index is -0.207. The Kier molecular flexibility index (Phi) is 5.73. The molecule has 1 saturated heterocycles. The van der Waals surface area contributed by atoms with Crippen molar-refractivity contribution in [2.24, 2.45) is 0 Å². The molecule has 9 heteroatoms. The standard InChI is InChI=1S/C21H18N4O3S2/c1-2-24-16-8-3-4-9-17(16)28-19(24)11-10-18-20(27)25(21(29)30-18)15-7-5-6-14(12-15)23-22-13-26/h3-13,23H,2H2,1H3,(H,22,26). The van der Waals surface area contributed by atoms with E-state index in [2.05, 4.69) is 10.9 Å². The number of carbonyl (C=O) groups is 2. The van der Waals surface area contributed by atoms with Gasteiger partial charge >= 0.3 is 0 Å². The Balaban J connectivity index is 1.57. The van der Waals surface area contributed by atoms with Crippen molar-refractivity contribution in [1.29, 1.82) is 0 Å². The molecule has 2 heterocycles. The van der Waals surface area contributed by atoms with Crippen LogP contribution in [-0.4, -0.2) is 23.2 Å². The van der Waals surface area contributed by atoms with Gasteiger partial charge in [0.1, 0.15) is 0 Å². The van der Waals surface area contributed by atoms with Crippen LogP contribution < -0.4 is 25.4 Å². The molecule has 1 fully saturated rings. The van der Waals surface area contributed by atoms with E-state index in [1.807, 2.05) is 36.1 Å². The average molecular weight is 439 g/mol. The predicted octanol–water partition coefficient (Wildman–Crippen LogP) is 3.77. The van der Waals surface area contributed by atoms with Gasteiger partial charge in [0.2, 0.25) is 12.3 Å². The second-order valence-electron chi connectivity index (χ2n) is 6.30. The Labute approximate surface area is 183 Å². The van der Waals surface area contributed by atoms with Gasteiger partial charge in [0.25, 0.3) is 5.91 Å². The molecule has 2 aliphatic heterocycles. The number of anilines is 3. The molecular weight excluding hydrogens is 420 g/mol. The molecule has 2 aliphatic rings. The number of nitrogens with zero attached hydrogens (tertiary/aromatic N) is 2. The molecular formula is C21H18N4O3S2. The Morgan fingerprint density at radius 2 is 2.00 bits per heavy atom. The van der Waals surface area contributed by atoms with E-state index in [1.165, 1.54) is 16.7 Å². The second kappa shape index (κ2) is 8.60. The van der Waals surface area contributed by atoms with Crippen molar-refractivity contribution < 1.29 is 14.3 Å². The zero-order valence-electron chi connectivity index (χ0n) is 16.0. The van der Waals surface area contributed by atoms with Gasteiger partial charge in [-0.25, -0.2) is 0 Å². The van der Waals surface area contributed by atoms with Crippen molar-refractivity contribution in [2.45, 2.75) is 6.92 Å². The minimum absolute atomic E-state index is 0.207. The van der Waals surface area contributed by atoms with Gasteiger partial charge in [-0.1, -0.05) is 42.2 Å². The molecule has 0 aliphatic carbocycles. The smallest absolute Gasteiger partial charge is 0.270 e. The first kappa shape index (κ1) is 20.0. The molecule has 0 aromatic heterocycles. The van der Waals surface area contributed by atoms with Crippen LogP contribution >= 0.6 is 24.0 Å². The number of fused-ring (bicyclic) bond motifs is 1. The third-order valence-corrected chi connectivity index (χ3v) is 5.82. The minimum Gasteiger partial charge on any atom is -0.439 e. The van der Waals surface area contributed by atoms with Crippen molar-refractivity contribution in [3.05, 3.63) is 71.5 Å². The third kappa shape index (κ3) is 3.77. The van der Waals surface area contributed by atoms with E-state index >= 15 is 0 Å². The summed E-state index contributed by atoms with van der Waals surface area (Å²) in [6, 6.07) is 14.9. The van der Waals surface area contributed by atoms with Crippen LogP contribution in [0.25, 0.3) is 0 Å². The molecule has 2 aromatic carbocycles. The summed E-state index contributed by atoms with van der Waals surface area (Å²) in [4.78, 5) is 27.5. The number of carbonyl (C=O) groups excluding carboxylic acids is 2. The van der Waals surface area contributed by atoms with E-state index in [4.69, 9.17) is 17.0 Å². The van der Waals surface area contributed by atoms with Gasteiger partial charge < -0.3 is 9.64 Å². The van der Waals surface area contributed by atoms with Gasteiger partial charge in [-0.2, -0.15) is 0 Å². The van der Waals surface area contributed by atoms with Crippen molar-refractivity contribution in [3.8, 4) is 5.75 Å². The fourth-order valence-electron chi connectivity index (χ4n) is 3.19.